The third-order valence-electron chi connectivity index (χ3n) is 3.52. The van der Waals surface area contributed by atoms with Crippen LogP contribution in [0.4, 0.5) is 0 Å². The Bertz CT molecular complexity index is 333. The summed E-state index contributed by atoms with van der Waals surface area (Å²) in [5.74, 6) is 0.677. The molecule has 0 rings (SSSR count). The van der Waals surface area contributed by atoms with E-state index >= 15 is 0 Å². The smallest absolute Gasteiger partial charge is 0.246 e. The molecule has 0 radical (unpaired) electrons. The van der Waals surface area contributed by atoms with E-state index < -0.39 is 5.54 Å². The second-order valence-electron chi connectivity index (χ2n) is 7.69. The summed E-state index contributed by atoms with van der Waals surface area (Å²) in [6.45, 7) is 15.9. The monoisotopic (exact) mass is 375 g/mol. The highest BCUT2D eigenvalue weighted by Crippen LogP contribution is 2.11. The van der Waals surface area contributed by atoms with E-state index in [1.165, 1.54) is 0 Å². The molecule has 6 nitrogen and oxygen atoms in total. The van der Waals surface area contributed by atoms with Crippen molar-refractivity contribution in [3.05, 3.63) is 0 Å². The van der Waals surface area contributed by atoms with Gasteiger partial charge in [0.15, 0.2) is 0 Å². The molecule has 0 atom stereocenters. The zero-order valence-electron chi connectivity index (χ0n) is 17.8. The second kappa shape index (κ2) is 15.4. The topological polar surface area (TPSA) is 66.0 Å². The van der Waals surface area contributed by atoms with Crippen molar-refractivity contribution >= 4 is 5.91 Å². The van der Waals surface area contributed by atoms with Crippen LogP contribution >= 0.6 is 0 Å². The molecule has 0 aromatic heterocycles. The van der Waals surface area contributed by atoms with Gasteiger partial charge in [0.2, 0.25) is 5.91 Å². The van der Waals surface area contributed by atoms with Gasteiger partial charge >= 0.3 is 0 Å². The van der Waals surface area contributed by atoms with E-state index in [9.17, 15) is 4.79 Å². The number of amides is 1. The van der Waals surface area contributed by atoms with Crippen LogP contribution in [0.15, 0.2) is 0 Å². The normalized spacial score (nSPS) is 12.2. The first-order valence-corrected chi connectivity index (χ1v) is 9.97. The number of unbranched alkanes of at least 4 members (excludes halogenated alkanes) is 1. The van der Waals surface area contributed by atoms with Gasteiger partial charge in [0.25, 0.3) is 0 Å². The highest BCUT2D eigenvalue weighted by molar-refractivity contribution is 5.78. The molecule has 156 valence electrons. The van der Waals surface area contributed by atoms with Crippen molar-refractivity contribution in [1.29, 1.82) is 0 Å². The molecule has 0 spiro atoms. The van der Waals surface area contributed by atoms with Gasteiger partial charge in [-0.15, -0.1) is 0 Å². The minimum absolute atomic E-state index is 0.0439. The Morgan fingerprint density at radius 3 is 1.88 bits per heavy atom. The van der Waals surface area contributed by atoms with Gasteiger partial charge in [0.05, 0.1) is 19.8 Å². The van der Waals surface area contributed by atoms with Crippen molar-refractivity contribution < 1.29 is 23.7 Å². The lowest BCUT2D eigenvalue weighted by Gasteiger charge is -2.34. The van der Waals surface area contributed by atoms with Crippen LogP contribution in [0.3, 0.4) is 0 Å². The second-order valence-corrected chi connectivity index (χ2v) is 7.69. The minimum atomic E-state index is -0.703. The quantitative estimate of drug-likeness (QED) is 0.396. The van der Waals surface area contributed by atoms with Crippen LogP contribution in [-0.2, 0) is 23.7 Å². The number of carbonyl (C=O) groups excluding carboxylic acids is 1. The van der Waals surface area contributed by atoms with Gasteiger partial charge in [-0.1, -0.05) is 41.0 Å². The van der Waals surface area contributed by atoms with Gasteiger partial charge < -0.3 is 24.3 Å². The molecule has 0 aromatic rings. The van der Waals surface area contributed by atoms with Crippen molar-refractivity contribution in [1.82, 2.24) is 5.32 Å². The number of hydrogen-bond acceptors (Lipinski definition) is 5. The lowest BCUT2D eigenvalue weighted by Crippen LogP contribution is -2.59. The zero-order chi connectivity index (χ0) is 19.8. The maximum absolute atomic E-state index is 12.4. The predicted molar refractivity (Wildman–Crippen MR) is 104 cm³/mol. The molecule has 0 fully saturated rings. The molecule has 0 aromatic carbocycles. The third-order valence-corrected chi connectivity index (χ3v) is 3.52. The Balaban J connectivity index is 4.86. The summed E-state index contributed by atoms with van der Waals surface area (Å²) < 4.78 is 22.8. The summed E-state index contributed by atoms with van der Waals surface area (Å²) in [5.41, 5.74) is -0.703. The summed E-state index contributed by atoms with van der Waals surface area (Å²) in [4.78, 5) is 12.4. The van der Waals surface area contributed by atoms with E-state index in [2.05, 4.69) is 39.9 Å². The molecule has 26 heavy (non-hydrogen) atoms. The summed E-state index contributed by atoms with van der Waals surface area (Å²) in [6, 6.07) is 0. The van der Waals surface area contributed by atoms with Gasteiger partial charge in [-0.25, -0.2) is 0 Å². The maximum Gasteiger partial charge on any atom is 0.246 e. The Hall–Kier alpha value is -0.690. The van der Waals surface area contributed by atoms with Gasteiger partial charge in [-0.2, -0.15) is 0 Å². The number of carbonyl (C=O) groups is 1. The zero-order valence-corrected chi connectivity index (χ0v) is 17.8. The molecule has 0 unspecified atom stereocenters. The van der Waals surface area contributed by atoms with E-state index in [4.69, 9.17) is 18.9 Å². The molecule has 0 aliphatic rings. The van der Waals surface area contributed by atoms with Gasteiger partial charge in [-0.05, 0) is 25.2 Å². The molecular weight excluding hydrogens is 334 g/mol. The lowest BCUT2D eigenvalue weighted by molar-refractivity contribution is -0.132. The summed E-state index contributed by atoms with van der Waals surface area (Å²) in [7, 11) is 0. The van der Waals surface area contributed by atoms with Crippen molar-refractivity contribution in [3.63, 3.8) is 0 Å². The summed E-state index contributed by atoms with van der Waals surface area (Å²) >= 11 is 0. The van der Waals surface area contributed by atoms with Crippen molar-refractivity contribution in [3.8, 4) is 0 Å². The van der Waals surface area contributed by atoms with Crippen LogP contribution in [0.1, 0.15) is 54.4 Å². The largest absolute Gasteiger partial charge is 0.379 e. The molecule has 0 saturated heterocycles. The van der Waals surface area contributed by atoms with Gasteiger partial charge in [0.1, 0.15) is 12.1 Å². The van der Waals surface area contributed by atoms with Crippen molar-refractivity contribution in [2.45, 2.75) is 59.9 Å². The van der Waals surface area contributed by atoms with Crippen LogP contribution < -0.4 is 5.32 Å². The Morgan fingerprint density at radius 2 is 1.42 bits per heavy atom. The molecule has 0 heterocycles. The molecule has 0 saturated carbocycles. The molecule has 0 bridgehead atoms. The maximum atomic E-state index is 12.4. The number of ether oxygens (including phenoxy) is 4. The van der Waals surface area contributed by atoms with Crippen molar-refractivity contribution in [2.24, 2.45) is 11.8 Å². The molecule has 1 amide bonds. The summed E-state index contributed by atoms with van der Waals surface area (Å²) in [6.07, 6.45) is 1.99. The fourth-order valence-corrected chi connectivity index (χ4v) is 2.25. The number of hydrogen-bond donors (Lipinski definition) is 1. The van der Waals surface area contributed by atoms with Crippen LogP contribution in [0, 0.1) is 11.8 Å². The molecule has 0 aliphatic carbocycles. The Kier molecular flexibility index (Phi) is 15.0. The fraction of sp³-hybridized carbons (Fsp3) is 0.950. The first-order chi connectivity index (χ1) is 12.3. The van der Waals surface area contributed by atoms with E-state index in [-0.39, 0.29) is 12.5 Å². The van der Waals surface area contributed by atoms with E-state index in [1.54, 1.807) is 0 Å². The van der Waals surface area contributed by atoms with Gasteiger partial charge in [-0.3, -0.25) is 4.79 Å². The first-order valence-electron chi connectivity index (χ1n) is 9.97. The lowest BCUT2D eigenvalue weighted by atomic mass is 10.0. The fourth-order valence-electron chi connectivity index (χ4n) is 2.25. The van der Waals surface area contributed by atoms with Crippen molar-refractivity contribution in [2.75, 3.05) is 52.9 Å². The highest BCUT2D eigenvalue weighted by atomic mass is 16.5. The standard InChI is InChI=1S/C20H41NO5/c1-7-9-10-24-13-19(22)21-20(14-23-8-2,15-25-11-17(3)4)16-26-12-18(5)6/h17-18H,7-16H2,1-6H3,(H,21,22). The predicted octanol–water partition coefficient (Wildman–Crippen LogP) is 3.04. The number of nitrogens with one attached hydrogen (secondary N) is 1. The van der Waals surface area contributed by atoms with E-state index in [0.29, 0.717) is 58.1 Å². The molecular formula is C20H41NO5. The molecule has 0 aliphatic heterocycles. The first kappa shape index (κ1) is 25.3. The molecule has 1 N–H and O–H groups in total. The summed E-state index contributed by atoms with van der Waals surface area (Å²) in [5, 5.41) is 3.05. The minimum Gasteiger partial charge on any atom is -0.379 e. The third kappa shape index (κ3) is 13.5. The van der Waals surface area contributed by atoms with E-state index in [0.717, 1.165) is 12.8 Å². The molecule has 6 heteroatoms. The average molecular weight is 376 g/mol. The van der Waals surface area contributed by atoms with E-state index in [1.807, 2.05) is 6.92 Å². The highest BCUT2D eigenvalue weighted by Gasteiger charge is 2.33. The van der Waals surface area contributed by atoms with Crippen LogP contribution in [0.25, 0.3) is 0 Å². The van der Waals surface area contributed by atoms with Crippen LogP contribution in [-0.4, -0.2) is 64.3 Å². The van der Waals surface area contributed by atoms with Gasteiger partial charge in [0, 0.05) is 26.4 Å². The Labute approximate surface area is 160 Å². The van der Waals surface area contributed by atoms with Crippen LogP contribution in [0.2, 0.25) is 0 Å². The average Bonchev–Trinajstić information content (AvgIpc) is 2.56. The SMILES string of the molecule is CCCCOCC(=O)NC(COCC)(COCC(C)C)COCC(C)C. The Morgan fingerprint density at radius 1 is 0.885 bits per heavy atom. The number of rotatable bonds is 17. The van der Waals surface area contributed by atoms with Crippen LogP contribution in [0.5, 0.6) is 0 Å².